The van der Waals surface area contributed by atoms with Crippen molar-refractivity contribution in [1.82, 2.24) is 0 Å². The van der Waals surface area contributed by atoms with E-state index in [0.29, 0.717) is 10.0 Å². The lowest BCUT2D eigenvalue weighted by molar-refractivity contribution is 0.0861. The maximum absolute atomic E-state index is 13.9. The molecule has 0 bridgehead atoms. The van der Waals surface area contributed by atoms with Gasteiger partial charge in [0.1, 0.15) is 11.4 Å². The lowest BCUT2D eigenvalue weighted by atomic mass is 9.86. The van der Waals surface area contributed by atoms with E-state index in [4.69, 9.17) is 5.73 Å². The molecule has 0 saturated carbocycles. The van der Waals surface area contributed by atoms with Crippen molar-refractivity contribution in [3.8, 4) is 0 Å². The monoisotopic (exact) mass is 309 g/mol. The number of halogens is 2. The predicted octanol–water partition coefficient (Wildman–Crippen LogP) is 2.78. The third-order valence-electron chi connectivity index (χ3n) is 2.92. The smallest absolute Gasteiger partial charge is 0.130 e. The van der Waals surface area contributed by atoms with Gasteiger partial charge in [-0.05, 0) is 23.8 Å². The Balaban J connectivity index is 2.60. The van der Waals surface area contributed by atoms with Crippen molar-refractivity contribution in [2.24, 2.45) is 5.73 Å². The summed E-state index contributed by atoms with van der Waals surface area (Å²) < 4.78 is 14.6. The van der Waals surface area contributed by atoms with E-state index in [-0.39, 0.29) is 12.1 Å². The van der Waals surface area contributed by atoms with Gasteiger partial charge in [-0.25, -0.2) is 4.39 Å². The van der Waals surface area contributed by atoms with Gasteiger partial charge in [0.2, 0.25) is 0 Å². The van der Waals surface area contributed by atoms with E-state index in [2.05, 4.69) is 15.9 Å². The van der Waals surface area contributed by atoms with Crippen LogP contribution in [0.3, 0.4) is 0 Å². The molecule has 1 unspecified atom stereocenters. The normalized spacial score (nSPS) is 14.2. The zero-order valence-corrected chi connectivity index (χ0v) is 11.2. The fourth-order valence-electron chi connectivity index (χ4n) is 1.91. The van der Waals surface area contributed by atoms with Crippen LogP contribution in [-0.2, 0) is 5.60 Å². The second-order valence-corrected chi connectivity index (χ2v) is 4.97. The summed E-state index contributed by atoms with van der Waals surface area (Å²) in [5.74, 6) is -0.477. The van der Waals surface area contributed by atoms with E-state index in [0.717, 1.165) is 0 Å². The number of nitrogens with two attached hydrogens (primary N) is 1. The molecule has 0 aliphatic carbocycles. The molecule has 18 heavy (non-hydrogen) atoms. The summed E-state index contributed by atoms with van der Waals surface area (Å²) in [4.78, 5) is 0. The second-order valence-electron chi connectivity index (χ2n) is 4.05. The van der Waals surface area contributed by atoms with Gasteiger partial charge in [0.15, 0.2) is 0 Å². The van der Waals surface area contributed by atoms with Crippen LogP contribution in [0.4, 0.5) is 4.39 Å². The number of rotatable bonds is 3. The van der Waals surface area contributed by atoms with Crippen molar-refractivity contribution in [3.05, 3.63) is 69.9 Å². The molecule has 3 N–H and O–H groups in total. The van der Waals surface area contributed by atoms with Crippen molar-refractivity contribution in [2.45, 2.75) is 5.60 Å². The van der Waals surface area contributed by atoms with Gasteiger partial charge in [0.05, 0.1) is 0 Å². The van der Waals surface area contributed by atoms with Gasteiger partial charge in [-0.2, -0.15) is 0 Å². The van der Waals surface area contributed by atoms with Crippen molar-refractivity contribution in [2.75, 3.05) is 6.54 Å². The van der Waals surface area contributed by atoms with Crippen molar-refractivity contribution in [3.63, 3.8) is 0 Å². The molecule has 0 aliphatic heterocycles. The molecule has 0 amide bonds. The fraction of sp³-hybridized carbons (Fsp3) is 0.143. The zero-order chi connectivity index (χ0) is 13.2. The van der Waals surface area contributed by atoms with E-state index in [1.807, 2.05) is 6.07 Å². The third kappa shape index (κ3) is 2.32. The Morgan fingerprint density at radius 2 is 1.83 bits per heavy atom. The highest BCUT2D eigenvalue weighted by atomic mass is 79.9. The van der Waals surface area contributed by atoms with Crippen LogP contribution < -0.4 is 5.73 Å². The number of hydrogen-bond donors (Lipinski definition) is 2. The minimum absolute atomic E-state index is 0.0929. The van der Waals surface area contributed by atoms with Crippen LogP contribution in [-0.4, -0.2) is 11.7 Å². The fourth-order valence-corrected chi connectivity index (χ4v) is 2.27. The average molecular weight is 310 g/mol. The van der Waals surface area contributed by atoms with Crippen LogP contribution in [0.25, 0.3) is 0 Å². The first-order valence-electron chi connectivity index (χ1n) is 5.51. The van der Waals surface area contributed by atoms with Gasteiger partial charge in [0, 0.05) is 16.6 Å². The Morgan fingerprint density at radius 3 is 2.44 bits per heavy atom. The van der Waals surface area contributed by atoms with E-state index in [9.17, 15) is 9.50 Å². The maximum Gasteiger partial charge on any atom is 0.130 e. The lowest BCUT2D eigenvalue weighted by Crippen LogP contribution is -2.37. The molecule has 0 aliphatic rings. The van der Waals surface area contributed by atoms with Crippen molar-refractivity contribution in [1.29, 1.82) is 0 Å². The molecule has 2 aromatic carbocycles. The maximum atomic E-state index is 13.9. The van der Waals surface area contributed by atoms with Crippen molar-refractivity contribution < 1.29 is 9.50 Å². The Kier molecular flexibility index (Phi) is 3.80. The minimum Gasteiger partial charge on any atom is -0.379 e. The van der Waals surface area contributed by atoms with Gasteiger partial charge in [-0.1, -0.05) is 46.3 Å². The SMILES string of the molecule is NCC(O)(c1ccccc1)c1cc(Br)ccc1F. The highest BCUT2D eigenvalue weighted by Gasteiger charge is 2.32. The molecular weight excluding hydrogens is 297 g/mol. The molecule has 0 spiro atoms. The molecule has 0 radical (unpaired) electrons. The van der Waals surface area contributed by atoms with Crippen LogP contribution in [0.1, 0.15) is 11.1 Å². The van der Waals surface area contributed by atoms with Crippen LogP contribution in [0.2, 0.25) is 0 Å². The van der Waals surface area contributed by atoms with E-state index in [1.54, 1.807) is 36.4 Å². The predicted molar refractivity (Wildman–Crippen MR) is 72.6 cm³/mol. The molecule has 4 heteroatoms. The molecule has 0 fully saturated rings. The topological polar surface area (TPSA) is 46.2 Å². The molecule has 2 nitrogen and oxygen atoms in total. The lowest BCUT2D eigenvalue weighted by Gasteiger charge is -2.28. The Labute approximate surface area is 113 Å². The Morgan fingerprint density at radius 1 is 1.17 bits per heavy atom. The van der Waals surface area contributed by atoms with Crippen LogP contribution >= 0.6 is 15.9 Å². The quantitative estimate of drug-likeness (QED) is 0.916. The molecule has 2 rings (SSSR count). The summed E-state index contributed by atoms with van der Waals surface area (Å²) in [6.07, 6.45) is 0. The molecule has 1 atom stereocenters. The highest BCUT2D eigenvalue weighted by molar-refractivity contribution is 9.10. The van der Waals surface area contributed by atoms with E-state index in [1.165, 1.54) is 6.07 Å². The summed E-state index contributed by atoms with van der Waals surface area (Å²) in [6.45, 7) is -0.0929. The van der Waals surface area contributed by atoms with E-state index >= 15 is 0 Å². The molecule has 94 valence electrons. The second kappa shape index (κ2) is 5.18. The molecule has 0 saturated heterocycles. The van der Waals surface area contributed by atoms with E-state index < -0.39 is 11.4 Å². The minimum atomic E-state index is -1.52. The first kappa shape index (κ1) is 13.2. The zero-order valence-electron chi connectivity index (χ0n) is 9.61. The third-order valence-corrected chi connectivity index (χ3v) is 3.41. The Bertz CT molecular complexity index is 547. The van der Waals surface area contributed by atoms with Gasteiger partial charge in [-0.3, -0.25) is 0 Å². The van der Waals surface area contributed by atoms with Gasteiger partial charge < -0.3 is 10.8 Å². The largest absolute Gasteiger partial charge is 0.379 e. The van der Waals surface area contributed by atoms with Crippen LogP contribution in [0.5, 0.6) is 0 Å². The van der Waals surface area contributed by atoms with Crippen molar-refractivity contribution >= 4 is 15.9 Å². The summed E-state index contributed by atoms with van der Waals surface area (Å²) in [6, 6.07) is 13.3. The summed E-state index contributed by atoms with van der Waals surface area (Å²) >= 11 is 3.27. The average Bonchev–Trinajstić information content (AvgIpc) is 2.41. The first-order valence-corrected chi connectivity index (χ1v) is 6.31. The molecule has 0 heterocycles. The van der Waals surface area contributed by atoms with Gasteiger partial charge in [0.25, 0.3) is 0 Å². The number of hydrogen-bond acceptors (Lipinski definition) is 2. The molecular formula is C14H13BrFNO. The summed E-state index contributed by atoms with van der Waals surface area (Å²) in [7, 11) is 0. The highest BCUT2D eigenvalue weighted by Crippen LogP contribution is 2.32. The molecule has 2 aromatic rings. The first-order chi connectivity index (χ1) is 8.58. The Hall–Kier alpha value is -1.23. The van der Waals surface area contributed by atoms with Gasteiger partial charge in [-0.15, -0.1) is 0 Å². The van der Waals surface area contributed by atoms with Crippen LogP contribution in [0.15, 0.2) is 53.0 Å². The number of benzene rings is 2. The van der Waals surface area contributed by atoms with Gasteiger partial charge >= 0.3 is 0 Å². The summed E-state index contributed by atoms with van der Waals surface area (Å²) in [5.41, 5.74) is 4.88. The standard InChI is InChI=1S/C14H13BrFNO/c15-11-6-7-13(16)12(8-11)14(18,9-17)10-4-2-1-3-5-10/h1-8,18H,9,17H2. The summed E-state index contributed by atoms with van der Waals surface area (Å²) in [5, 5.41) is 10.7. The van der Waals surface area contributed by atoms with Crippen LogP contribution in [0, 0.1) is 5.82 Å². The number of aliphatic hydroxyl groups is 1. The molecule has 0 aromatic heterocycles.